The number of halogens is 2. The first-order valence-electron chi connectivity index (χ1n) is 9.88. The van der Waals surface area contributed by atoms with Gasteiger partial charge in [-0.2, -0.15) is 0 Å². The van der Waals surface area contributed by atoms with Crippen molar-refractivity contribution in [2.24, 2.45) is 0 Å². The number of hydrogen-bond acceptors (Lipinski definition) is 5. The number of nitrogens with zero attached hydrogens (tertiary/aromatic N) is 3. The summed E-state index contributed by atoms with van der Waals surface area (Å²) in [6.45, 7) is 0.362. The molecule has 0 spiro atoms. The minimum atomic E-state index is -0.489. The summed E-state index contributed by atoms with van der Waals surface area (Å²) in [5.74, 6) is -0.390. The minimum Gasteiger partial charge on any atom is -0.399 e. The van der Waals surface area contributed by atoms with Crippen molar-refractivity contribution in [1.82, 2.24) is 14.1 Å². The first-order chi connectivity index (χ1) is 15.4. The first kappa shape index (κ1) is 21.9. The van der Waals surface area contributed by atoms with E-state index >= 15 is 0 Å². The van der Waals surface area contributed by atoms with E-state index in [1.54, 1.807) is 42.6 Å². The van der Waals surface area contributed by atoms with E-state index in [-0.39, 0.29) is 32.1 Å². The van der Waals surface area contributed by atoms with E-state index in [2.05, 4.69) is 20.9 Å². The number of rotatable bonds is 7. The van der Waals surface area contributed by atoms with Crippen molar-refractivity contribution in [1.29, 1.82) is 0 Å². The molecule has 4 rings (SSSR count). The lowest BCUT2D eigenvalue weighted by molar-refractivity contribution is 0.109. The molecule has 2 N–H and O–H groups in total. The van der Waals surface area contributed by atoms with E-state index in [0.29, 0.717) is 26.8 Å². The van der Waals surface area contributed by atoms with Gasteiger partial charge < -0.3 is 10.5 Å². The molecule has 2 heterocycles. The zero-order chi connectivity index (χ0) is 22.7. The molecule has 0 unspecified atom stereocenters. The molecule has 32 heavy (non-hydrogen) atoms. The van der Waals surface area contributed by atoms with E-state index < -0.39 is 11.2 Å². The van der Waals surface area contributed by atoms with Gasteiger partial charge in [-0.15, -0.1) is 0 Å². The predicted molar refractivity (Wildman–Crippen MR) is 124 cm³/mol. The molecule has 9 heteroatoms. The molecule has 0 bridgehead atoms. The number of hydrogen-bond donors (Lipinski definition) is 1. The lowest BCUT2D eigenvalue weighted by Gasteiger charge is -2.14. The third-order valence-corrected chi connectivity index (χ3v) is 5.53. The van der Waals surface area contributed by atoms with Gasteiger partial charge in [0.15, 0.2) is 0 Å². The molecule has 0 fully saturated rings. The molecule has 164 valence electrons. The van der Waals surface area contributed by atoms with Crippen LogP contribution in [0.2, 0.25) is 0 Å². The molecule has 0 saturated carbocycles. The van der Waals surface area contributed by atoms with Gasteiger partial charge in [-0.25, -0.2) is 14.2 Å². The number of anilines is 1. The smallest absolute Gasteiger partial charge is 0.333 e. The van der Waals surface area contributed by atoms with Crippen molar-refractivity contribution >= 4 is 32.7 Å². The van der Waals surface area contributed by atoms with Gasteiger partial charge in [0.05, 0.1) is 31.7 Å². The van der Waals surface area contributed by atoms with Gasteiger partial charge >= 0.3 is 5.69 Å². The van der Waals surface area contributed by atoms with Crippen LogP contribution in [0.3, 0.4) is 0 Å². The summed E-state index contributed by atoms with van der Waals surface area (Å²) in [6, 6.07) is 15.1. The lowest BCUT2D eigenvalue weighted by Crippen LogP contribution is -2.41. The number of ether oxygens (including phenoxy) is 1. The fourth-order valence-electron chi connectivity index (χ4n) is 3.37. The maximum atomic E-state index is 14.0. The quantitative estimate of drug-likeness (QED) is 0.311. The van der Waals surface area contributed by atoms with Gasteiger partial charge in [0, 0.05) is 21.9 Å². The second kappa shape index (κ2) is 9.46. The molecule has 0 atom stereocenters. The van der Waals surface area contributed by atoms with E-state index in [0.717, 1.165) is 10.1 Å². The number of benzene rings is 2. The number of fused-ring (bicyclic) bond motifs is 1. The van der Waals surface area contributed by atoms with E-state index in [4.69, 9.17) is 10.5 Å². The number of nitrogens with two attached hydrogens (primary N) is 1. The highest BCUT2D eigenvalue weighted by molar-refractivity contribution is 9.10. The Morgan fingerprint density at radius 3 is 2.59 bits per heavy atom. The Hall–Kier alpha value is -3.30. The Balaban J connectivity index is 1.60. The Morgan fingerprint density at radius 2 is 1.84 bits per heavy atom. The zero-order valence-electron chi connectivity index (χ0n) is 17.0. The van der Waals surface area contributed by atoms with Crippen LogP contribution in [0.4, 0.5) is 10.1 Å². The number of nitrogen functional groups attached to an aromatic ring is 1. The molecule has 0 aliphatic rings. The largest absolute Gasteiger partial charge is 0.399 e. The molecule has 0 aliphatic carbocycles. The molecule has 0 saturated heterocycles. The van der Waals surface area contributed by atoms with Crippen LogP contribution in [0.25, 0.3) is 11.0 Å². The average molecular weight is 499 g/mol. The minimum absolute atomic E-state index is 0.0301. The maximum absolute atomic E-state index is 14.0. The molecular formula is C23H20BrFN4O3. The first-order valence-corrected chi connectivity index (χ1v) is 10.7. The van der Waals surface area contributed by atoms with Crippen molar-refractivity contribution in [3.63, 3.8) is 0 Å². The Bertz CT molecular complexity index is 1380. The molecule has 0 amide bonds. The highest BCUT2D eigenvalue weighted by Gasteiger charge is 2.14. The Morgan fingerprint density at radius 1 is 1.06 bits per heavy atom. The van der Waals surface area contributed by atoms with Gasteiger partial charge in [-0.1, -0.05) is 34.1 Å². The topological polar surface area (TPSA) is 92.1 Å². The standard InChI is InChI=1S/C23H20BrFN4O3/c24-17-6-5-16(20(25)12-17)14-32-11-10-28-22(30)19-2-1-9-27-21(19)29(23(28)31)13-15-3-7-18(26)8-4-15/h1-9,12H,10-11,13-14,26H2. The fraction of sp³-hybridized carbons (Fsp3) is 0.174. The van der Waals surface area contributed by atoms with Crippen LogP contribution in [-0.2, 0) is 24.4 Å². The molecule has 0 aliphatic heterocycles. The summed E-state index contributed by atoms with van der Waals surface area (Å²) < 4.78 is 22.7. The van der Waals surface area contributed by atoms with Gasteiger partial charge in [0.1, 0.15) is 11.5 Å². The normalized spacial score (nSPS) is 11.2. The van der Waals surface area contributed by atoms with Crippen LogP contribution in [0.1, 0.15) is 11.1 Å². The molecule has 2 aromatic heterocycles. The number of pyridine rings is 1. The highest BCUT2D eigenvalue weighted by Crippen LogP contribution is 2.16. The van der Waals surface area contributed by atoms with Crippen molar-refractivity contribution in [3.05, 3.63) is 103 Å². The molecule has 2 aromatic carbocycles. The van der Waals surface area contributed by atoms with Crippen LogP contribution in [0.5, 0.6) is 0 Å². The second-order valence-electron chi connectivity index (χ2n) is 7.23. The molecule has 7 nitrogen and oxygen atoms in total. The fourth-order valence-corrected chi connectivity index (χ4v) is 3.70. The van der Waals surface area contributed by atoms with Gasteiger partial charge in [-0.3, -0.25) is 13.9 Å². The summed E-state index contributed by atoms with van der Waals surface area (Å²) in [5, 5.41) is 0.335. The van der Waals surface area contributed by atoms with Crippen molar-refractivity contribution in [2.75, 3.05) is 12.3 Å². The summed E-state index contributed by atoms with van der Waals surface area (Å²) in [4.78, 5) is 30.4. The molecular weight excluding hydrogens is 479 g/mol. The van der Waals surface area contributed by atoms with Crippen LogP contribution in [-0.4, -0.2) is 20.7 Å². The monoisotopic (exact) mass is 498 g/mol. The summed E-state index contributed by atoms with van der Waals surface area (Å²) in [7, 11) is 0. The SMILES string of the molecule is Nc1ccc(Cn2c(=O)n(CCOCc3ccc(Br)cc3F)c(=O)c3cccnc32)cc1. The Kier molecular flexibility index (Phi) is 6.48. The summed E-state index contributed by atoms with van der Waals surface area (Å²) >= 11 is 3.21. The van der Waals surface area contributed by atoms with E-state index in [1.807, 2.05) is 12.1 Å². The highest BCUT2D eigenvalue weighted by atomic mass is 79.9. The number of aromatic nitrogens is 3. The zero-order valence-corrected chi connectivity index (χ0v) is 18.6. The van der Waals surface area contributed by atoms with Crippen molar-refractivity contribution in [3.8, 4) is 0 Å². The van der Waals surface area contributed by atoms with Crippen LogP contribution < -0.4 is 17.0 Å². The average Bonchev–Trinajstić information content (AvgIpc) is 2.78. The Labute approximate surface area is 191 Å². The van der Waals surface area contributed by atoms with Crippen molar-refractivity contribution in [2.45, 2.75) is 19.7 Å². The van der Waals surface area contributed by atoms with Crippen LogP contribution >= 0.6 is 15.9 Å². The third-order valence-electron chi connectivity index (χ3n) is 5.03. The van der Waals surface area contributed by atoms with Gasteiger partial charge in [0.2, 0.25) is 0 Å². The molecule has 0 radical (unpaired) electrons. The summed E-state index contributed by atoms with van der Waals surface area (Å²) in [6.07, 6.45) is 1.54. The summed E-state index contributed by atoms with van der Waals surface area (Å²) in [5.41, 5.74) is 6.99. The van der Waals surface area contributed by atoms with E-state index in [1.165, 1.54) is 10.6 Å². The molecule has 4 aromatic rings. The van der Waals surface area contributed by atoms with Crippen LogP contribution in [0.15, 0.2) is 74.9 Å². The lowest BCUT2D eigenvalue weighted by atomic mass is 10.2. The third kappa shape index (κ3) is 4.63. The second-order valence-corrected chi connectivity index (χ2v) is 8.15. The predicted octanol–water partition coefficient (Wildman–Crippen LogP) is 3.31. The van der Waals surface area contributed by atoms with Gasteiger partial charge in [0.25, 0.3) is 5.56 Å². The maximum Gasteiger partial charge on any atom is 0.333 e. The van der Waals surface area contributed by atoms with E-state index in [9.17, 15) is 14.0 Å². The van der Waals surface area contributed by atoms with Crippen molar-refractivity contribution < 1.29 is 9.13 Å². The van der Waals surface area contributed by atoms with Crippen LogP contribution in [0, 0.1) is 5.82 Å². The van der Waals surface area contributed by atoms with Gasteiger partial charge in [-0.05, 0) is 42.0 Å².